The van der Waals surface area contributed by atoms with Gasteiger partial charge in [0, 0.05) is 12.4 Å². The molecule has 1 amide bonds. The topological polar surface area (TPSA) is 46.9 Å². The number of rotatable bonds is 4. The fraction of sp³-hybridized carbons (Fsp3) is 0.238. The molecule has 0 spiro atoms. The van der Waals surface area contributed by atoms with Crippen LogP contribution in [0.3, 0.4) is 0 Å². The first-order valence-electron chi connectivity index (χ1n) is 8.83. The molecule has 4 rings (SSSR count). The average molecular weight is 363 g/mol. The molecular weight excluding hydrogens is 342 g/mol. The Bertz CT molecular complexity index is 907. The second kappa shape index (κ2) is 7.38. The van der Waals surface area contributed by atoms with E-state index in [0.717, 1.165) is 29.0 Å². The predicted octanol–water partition coefficient (Wildman–Crippen LogP) is 4.08. The number of carbonyl (C=O) groups excluding carboxylic acids is 1. The standard InChI is InChI=1S/C21H21N3OS/c1-15(17-8-4-5-10-19(17)24-13-6-12-22-24)23-21(25)20-18-9-3-2-7-16(18)11-14-26-20/h2-10,12-13,15,20H,11,14H2,1H3,(H,23,25)/t15-,20+/m0/s1. The van der Waals surface area contributed by atoms with Crippen molar-refractivity contribution in [3.05, 3.63) is 83.7 Å². The van der Waals surface area contributed by atoms with Crippen LogP contribution in [0.5, 0.6) is 0 Å². The van der Waals surface area contributed by atoms with Crippen molar-refractivity contribution >= 4 is 17.7 Å². The number of fused-ring (bicyclic) bond motifs is 1. The number of hydrogen-bond acceptors (Lipinski definition) is 3. The van der Waals surface area contributed by atoms with Crippen molar-refractivity contribution in [1.82, 2.24) is 15.1 Å². The van der Waals surface area contributed by atoms with Gasteiger partial charge in [0.05, 0.1) is 11.7 Å². The van der Waals surface area contributed by atoms with E-state index in [9.17, 15) is 4.79 Å². The van der Waals surface area contributed by atoms with Crippen LogP contribution >= 0.6 is 11.8 Å². The molecule has 0 fully saturated rings. The number of hydrogen-bond donors (Lipinski definition) is 1. The first-order valence-corrected chi connectivity index (χ1v) is 9.87. The number of carbonyl (C=O) groups is 1. The van der Waals surface area contributed by atoms with Crippen LogP contribution < -0.4 is 5.32 Å². The van der Waals surface area contributed by atoms with Crippen molar-refractivity contribution in [2.45, 2.75) is 24.6 Å². The predicted molar refractivity (Wildman–Crippen MR) is 105 cm³/mol. The van der Waals surface area contributed by atoms with E-state index >= 15 is 0 Å². The number of nitrogens with zero attached hydrogens (tertiary/aromatic N) is 2. The van der Waals surface area contributed by atoms with Crippen LogP contribution in [0.4, 0.5) is 0 Å². The van der Waals surface area contributed by atoms with Crippen molar-refractivity contribution in [2.24, 2.45) is 0 Å². The third-order valence-corrected chi connectivity index (χ3v) is 5.99. The normalized spacial score (nSPS) is 17.3. The highest BCUT2D eigenvalue weighted by molar-refractivity contribution is 8.00. The van der Waals surface area contributed by atoms with Gasteiger partial charge in [0.15, 0.2) is 0 Å². The Morgan fingerprint density at radius 3 is 2.85 bits per heavy atom. The fourth-order valence-corrected chi connectivity index (χ4v) is 4.65. The molecule has 1 aromatic heterocycles. The van der Waals surface area contributed by atoms with Crippen LogP contribution in [0, 0.1) is 0 Å². The molecule has 1 N–H and O–H groups in total. The lowest BCUT2D eigenvalue weighted by Gasteiger charge is -2.26. The number of para-hydroxylation sites is 1. The Kier molecular flexibility index (Phi) is 4.80. The summed E-state index contributed by atoms with van der Waals surface area (Å²) < 4.78 is 1.84. The summed E-state index contributed by atoms with van der Waals surface area (Å²) in [5.74, 6) is 1.05. The first-order chi connectivity index (χ1) is 12.7. The van der Waals surface area contributed by atoms with Crippen molar-refractivity contribution in [3.63, 3.8) is 0 Å². The minimum absolute atomic E-state index is 0.0740. The maximum Gasteiger partial charge on any atom is 0.238 e. The van der Waals surface area contributed by atoms with Crippen molar-refractivity contribution in [3.8, 4) is 5.69 Å². The Balaban J connectivity index is 1.57. The molecule has 3 aromatic rings. The molecule has 2 aromatic carbocycles. The minimum Gasteiger partial charge on any atom is -0.348 e. The second-order valence-corrected chi connectivity index (χ2v) is 7.65. The first kappa shape index (κ1) is 16.9. The number of amides is 1. The summed E-state index contributed by atoms with van der Waals surface area (Å²) in [6.07, 6.45) is 4.71. The number of aromatic nitrogens is 2. The number of nitrogens with one attached hydrogen (secondary N) is 1. The van der Waals surface area contributed by atoms with Crippen LogP contribution in [0.15, 0.2) is 67.0 Å². The van der Waals surface area contributed by atoms with Gasteiger partial charge in [-0.1, -0.05) is 42.5 Å². The van der Waals surface area contributed by atoms with Gasteiger partial charge in [-0.25, -0.2) is 4.68 Å². The highest BCUT2D eigenvalue weighted by Crippen LogP contribution is 2.37. The second-order valence-electron chi connectivity index (χ2n) is 6.44. The van der Waals surface area contributed by atoms with E-state index in [1.165, 1.54) is 5.56 Å². The van der Waals surface area contributed by atoms with Crippen LogP contribution in [-0.2, 0) is 11.2 Å². The van der Waals surface area contributed by atoms with Gasteiger partial charge in [-0.15, -0.1) is 11.8 Å². The largest absolute Gasteiger partial charge is 0.348 e. The van der Waals surface area contributed by atoms with Crippen molar-refractivity contribution in [1.29, 1.82) is 0 Å². The van der Waals surface area contributed by atoms with Gasteiger partial charge in [-0.2, -0.15) is 5.10 Å². The zero-order valence-corrected chi connectivity index (χ0v) is 15.4. The molecule has 2 atom stereocenters. The number of benzene rings is 2. The molecule has 26 heavy (non-hydrogen) atoms. The summed E-state index contributed by atoms with van der Waals surface area (Å²) in [5.41, 5.74) is 4.48. The highest BCUT2D eigenvalue weighted by Gasteiger charge is 2.28. The minimum atomic E-state index is -0.140. The number of thioether (sulfide) groups is 1. The van der Waals surface area contributed by atoms with Crippen molar-refractivity contribution < 1.29 is 4.79 Å². The van der Waals surface area contributed by atoms with Crippen LogP contribution in [0.1, 0.15) is 34.9 Å². The zero-order chi connectivity index (χ0) is 17.9. The molecule has 0 saturated carbocycles. The van der Waals surface area contributed by atoms with Gasteiger partial charge in [-0.3, -0.25) is 4.79 Å². The molecular formula is C21H21N3OS. The van der Waals surface area contributed by atoms with E-state index in [1.807, 2.05) is 60.3 Å². The van der Waals surface area contributed by atoms with Gasteiger partial charge in [0.1, 0.15) is 5.25 Å². The molecule has 1 aliphatic rings. The molecule has 5 heteroatoms. The Morgan fingerprint density at radius 2 is 2.00 bits per heavy atom. The summed E-state index contributed by atoms with van der Waals surface area (Å²) in [6.45, 7) is 2.03. The molecule has 132 valence electrons. The maximum absolute atomic E-state index is 13.0. The number of aryl methyl sites for hydroxylation is 1. The van der Waals surface area contributed by atoms with Gasteiger partial charge in [0.2, 0.25) is 5.91 Å². The molecule has 4 nitrogen and oxygen atoms in total. The van der Waals surface area contributed by atoms with E-state index in [1.54, 1.807) is 18.0 Å². The SMILES string of the molecule is C[C@H](NC(=O)[C@@H]1SCCc2ccccc21)c1ccccc1-n1cccn1. The molecule has 0 aliphatic carbocycles. The van der Waals surface area contributed by atoms with Crippen LogP contribution in [0.25, 0.3) is 5.69 Å². The molecule has 0 bridgehead atoms. The molecule has 2 heterocycles. The van der Waals surface area contributed by atoms with Crippen molar-refractivity contribution in [2.75, 3.05) is 5.75 Å². The van der Waals surface area contributed by atoms with Gasteiger partial charge < -0.3 is 5.32 Å². The monoisotopic (exact) mass is 363 g/mol. The van der Waals surface area contributed by atoms with Crippen LogP contribution in [0.2, 0.25) is 0 Å². The van der Waals surface area contributed by atoms with E-state index in [0.29, 0.717) is 0 Å². The highest BCUT2D eigenvalue weighted by atomic mass is 32.2. The molecule has 0 unspecified atom stereocenters. The third-order valence-electron chi connectivity index (χ3n) is 4.74. The summed E-state index contributed by atoms with van der Waals surface area (Å²) in [5, 5.41) is 7.40. The zero-order valence-electron chi connectivity index (χ0n) is 14.6. The lowest BCUT2D eigenvalue weighted by atomic mass is 10.0. The molecule has 1 aliphatic heterocycles. The summed E-state index contributed by atoms with van der Waals surface area (Å²) >= 11 is 1.72. The molecule has 0 radical (unpaired) electrons. The summed E-state index contributed by atoms with van der Waals surface area (Å²) in [6, 6.07) is 18.1. The smallest absolute Gasteiger partial charge is 0.238 e. The quantitative estimate of drug-likeness (QED) is 0.760. The Hall–Kier alpha value is -2.53. The third kappa shape index (κ3) is 3.27. The lowest BCUT2D eigenvalue weighted by Crippen LogP contribution is -2.32. The van der Waals surface area contributed by atoms with E-state index in [-0.39, 0.29) is 17.2 Å². The van der Waals surface area contributed by atoms with E-state index in [2.05, 4.69) is 22.5 Å². The van der Waals surface area contributed by atoms with Gasteiger partial charge in [-0.05, 0) is 47.9 Å². The van der Waals surface area contributed by atoms with Crippen LogP contribution in [-0.4, -0.2) is 21.4 Å². The van der Waals surface area contributed by atoms with Gasteiger partial charge in [0.25, 0.3) is 0 Å². The van der Waals surface area contributed by atoms with E-state index in [4.69, 9.17) is 0 Å². The van der Waals surface area contributed by atoms with E-state index < -0.39 is 0 Å². The molecule has 0 saturated heterocycles. The average Bonchev–Trinajstić information content (AvgIpc) is 3.22. The Labute approximate surface area is 157 Å². The summed E-state index contributed by atoms with van der Waals surface area (Å²) in [4.78, 5) is 13.0. The fourth-order valence-electron chi connectivity index (χ4n) is 3.45. The lowest BCUT2D eigenvalue weighted by molar-refractivity contribution is -0.121. The van der Waals surface area contributed by atoms with Gasteiger partial charge >= 0.3 is 0 Å². The maximum atomic E-state index is 13.0. The summed E-state index contributed by atoms with van der Waals surface area (Å²) in [7, 11) is 0. The Morgan fingerprint density at radius 1 is 1.19 bits per heavy atom.